The Hall–Kier alpha value is -2.11. The first-order chi connectivity index (χ1) is 11.7. The van der Waals surface area contributed by atoms with Crippen molar-refractivity contribution in [2.24, 2.45) is 0 Å². The van der Waals surface area contributed by atoms with Gasteiger partial charge >= 0.3 is 0 Å². The number of furan rings is 1. The molecule has 0 N–H and O–H groups in total. The Balaban J connectivity index is 1.68. The normalized spacial score (nSPS) is 10.8. The summed E-state index contributed by atoms with van der Waals surface area (Å²) in [7, 11) is 0. The Bertz CT molecular complexity index is 814. The van der Waals surface area contributed by atoms with Crippen molar-refractivity contribution in [3.8, 4) is 10.8 Å². The summed E-state index contributed by atoms with van der Waals surface area (Å²) in [5.41, 5.74) is 1.71. The van der Waals surface area contributed by atoms with Crippen molar-refractivity contribution in [1.29, 1.82) is 0 Å². The zero-order chi connectivity index (χ0) is 16.9. The fourth-order valence-corrected chi connectivity index (χ4v) is 3.36. The summed E-state index contributed by atoms with van der Waals surface area (Å²) in [5.74, 6) is 0.760. The van der Waals surface area contributed by atoms with Crippen LogP contribution >= 0.6 is 22.9 Å². The van der Waals surface area contributed by atoms with Gasteiger partial charge in [0.25, 0.3) is 0 Å². The first kappa shape index (κ1) is 16.7. The van der Waals surface area contributed by atoms with Crippen LogP contribution in [0.15, 0.2) is 52.5 Å². The maximum atomic E-state index is 12.6. The molecule has 0 saturated heterocycles. The van der Waals surface area contributed by atoms with E-state index in [0.717, 1.165) is 22.0 Å². The van der Waals surface area contributed by atoms with Gasteiger partial charge in [-0.3, -0.25) is 4.79 Å². The lowest BCUT2D eigenvalue weighted by molar-refractivity contribution is -0.130. The summed E-state index contributed by atoms with van der Waals surface area (Å²) in [6, 6.07) is 11.3. The Morgan fingerprint density at radius 2 is 2.12 bits per heavy atom. The Morgan fingerprint density at radius 3 is 2.83 bits per heavy atom. The quantitative estimate of drug-likeness (QED) is 0.643. The third-order valence-corrected chi connectivity index (χ3v) is 4.94. The van der Waals surface area contributed by atoms with E-state index in [1.165, 1.54) is 11.3 Å². The molecule has 6 heteroatoms. The predicted octanol–water partition coefficient (Wildman–Crippen LogP) is 4.65. The average molecular weight is 361 g/mol. The molecule has 0 fully saturated rings. The molecule has 124 valence electrons. The molecule has 0 atom stereocenters. The molecule has 3 aromatic rings. The number of amides is 1. The van der Waals surface area contributed by atoms with Gasteiger partial charge in [-0.25, -0.2) is 4.98 Å². The van der Waals surface area contributed by atoms with E-state index in [2.05, 4.69) is 4.98 Å². The summed E-state index contributed by atoms with van der Waals surface area (Å²) in [5, 5.41) is 3.37. The minimum Gasteiger partial charge on any atom is -0.462 e. The minimum atomic E-state index is 0.0358. The molecule has 0 saturated carbocycles. The van der Waals surface area contributed by atoms with E-state index in [4.69, 9.17) is 16.0 Å². The Kier molecular flexibility index (Phi) is 5.33. The van der Waals surface area contributed by atoms with Gasteiger partial charge < -0.3 is 9.32 Å². The smallest absolute Gasteiger partial charge is 0.228 e. The SMILES string of the molecule is CCN(Cc1ccccc1Cl)C(=O)Cc1csc(-c2ccco2)n1. The molecule has 1 aromatic carbocycles. The Labute approximate surface area is 149 Å². The number of aromatic nitrogens is 1. The highest BCUT2D eigenvalue weighted by Crippen LogP contribution is 2.24. The van der Waals surface area contributed by atoms with Gasteiger partial charge in [-0.2, -0.15) is 0 Å². The van der Waals surface area contributed by atoms with E-state index in [9.17, 15) is 4.79 Å². The molecule has 0 aliphatic rings. The van der Waals surface area contributed by atoms with E-state index >= 15 is 0 Å². The molecule has 2 heterocycles. The highest BCUT2D eigenvalue weighted by Gasteiger charge is 2.16. The van der Waals surface area contributed by atoms with Crippen LogP contribution < -0.4 is 0 Å². The molecule has 4 nitrogen and oxygen atoms in total. The monoisotopic (exact) mass is 360 g/mol. The minimum absolute atomic E-state index is 0.0358. The van der Waals surface area contributed by atoms with Crippen LogP contribution in [0.2, 0.25) is 5.02 Å². The topological polar surface area (TPSA) is 46.3 Å². The van der Waals surface area contributed by atoms with Crippen molar-refractivity contribution in [2.45, 2.75) is 19.9 Å². The molecule has 0 aliphatic carbocycles. The predicted molar refractivity (Wildman–Crippen MR) is 96.1 cm³/mol. The lowest BCUT2D eigenvalue weighted by Crippen LogP contribution is -2.31. The first-order valence-electron chi connectivity index (χ1n) is 7.67. The van der Waals surface area contributed by atoms with Crippen molar-refractivity contribution in [3.63, 3.8) is 0 Å². The fraction of sp³-hybridized carbons (Fsp3) is 0.222. The molecule has 2 aromatic heterocycles. The van der Waals surface area contributed by atoms with Crippen LogP contribution in [-0.4, -0.2) is 22.3 Å². The molecule has 0 aliphatic heterocycles. The van der Waals surface area contributed by atoms with Gasteiger partial charge in [0, 0.05) is 23.5 Å². The number of hydrogen-bond donors (Lipinski definition) is 0. The third-order valence-electron chi connectivity index (χ3n) is 3.67. The van der Waals surface area contributed by atoms with Gasteiger partial charge in [0.15, 0.2) is 10.8 Å². The van der Waals surface area contributed by atoms with Crippen LogP contribution in [0.3, 0.4) is 0 Å². The summed E-state index contributed by atoms with van der Waals surface area (Å²) < 4.78 is 5.34. The van der Waals surface area contributed by atoms with Crippen LogP contribution in [-0.2, 0) is 17.8 Å². The van der Waals surface area contributed by atoms with Crippen LogP contribution in [0.1, 0.15) is 18.2 Å². The fourth-order valence-electron chi connectivity index (χ4n) is 2.38. The Morgan fingerprint density at radius 1 is 1.29 bits per heavy atom. The highest BCUT2D eigenvalue weighted by atomic mass is 35.5. The maximum Gasteiger partial charge on any atom is 0.228 e. The van der Waals surface area contributed by atoms with Crippen LogP contribution in [0, 0.1) is 0 Å². The van der Waals surface area contributed by atoms with Gasteiger partial charge in [-0.15, -0.1) is 11.3 Å². The van der Waals surface area contributed by atoms with E-state index in [0.29, 0.717) is 18.1 Å². The van der Waals surface area contributed by atoms with Crippen molar-refractivity contribution in [1.82, 2.24) is 9.88 Å². The summed E-state index contributed by atoms with van der Waals surface area (Å²) in [4.78, 5) is 18.8. The number of hydrogen-bond acceptors (Lipinski definition) is 4. The molecular formula is C18H17ClN2O2S. The number of nitrogens with zero attached hydrogens (tertiary/aromatic N) is 2. The zero-order valence-electron chi connectivity index (χ0n) is 13.2. The number of benzene rings is 1. The maximum absolute atomic E-state index is 12.6. The zero-order valence-corrected chi connectivity index (χ0v) is 14.8. The number of thiazole rings is 1. The third kappa shape index (κ3) is 3.86. The van der Waals surface area contributed by atoms with E-state index in [1.54, 1.807) is 11.2 Å². The van der Waals surface area contributed by atoms with Gasteiger partial charge in [0.2, 0.25) is 5.91 Å². The van der Waals surface area contributed by atoms with Crippen molar-refractivity contribution >= 4 is 28.8 Å². The summed E-state index contributed by atoms with van der Waals surface area (Å²) in [6.07, 6.45) is 1.89. The number of halogens is 1. The lowest BCUT2D eigenvalue weighted by atomic mass is 10.2. The number of rotatable bonds is 6. The van der Waals surface area contributed by atoms with Gasteiger partial charge in [0.05, 0.1) is 18.4 Å². The average Bonchev–Trinajstić information content (AvgIpc) is 3.25. The van der Waals surface area contributed by atoms with Crippen LogP contribution in [0.4, 0.5) is 0 Å². The standard InChI is InChI=1S/C18H17ClN2O2S/c1-2-21(11-13-6-3-4-7-15(13)19)17(22)10-14-12-24-18(20-14)16-8-5-9-23-16/h3-9,12H,2,10-11H2,1H3. The molecule has 0 spiro atoms. The number of carbonyl (C=O) groups is 1. The molecule has 0 unspecified atom stereocenters. The van der Waals surface area contributed by atoms with Crippen LogP contribution in [0.25, 0.3) is 10.8 Å². The van der Waals surface area contributed by atoms with Crippen LogP contribution in [0.5, 0.6) is 0 Å². The van der Waals surface area contributed by atoms with Gasteiger partial charge in [0.1, 0.15) is 0 Å². The largest absolute Gasteiger partial charge is 0.462 e. The number of carbonyl (C=O) groups excluding carboxylic acids is 1. The van der Waals surface area contributed by atoms with Gasteiger partial charge in [-0.1, -0.05) is 29.8 Å². The molecule has 3 rings (SSSR count). The molecular weight excluding hydrogens is 344 g/mol. The van der Waals surface area contributed by atoms with Crippen molar-refractivity contribution < 1.29 is 9.21 Å². The molecule has 24 heavy (non-hydrogen) atoms. The molecule has 1 amide bonds. The van der Waals surface area contributed by atoms with E-state index < -0.39 is 0 Å². The second-order valence-electron chi connectivity index (χ2n) is 5.30. The van der Waals surface area contributed by atoms with Crippen molar-refractivity contribution in [2.75, 3.05) is 6.54 Å². The van der Waals surface area contributed by atoms with E-state index in [-0.39, 0.29) is 12.3 Å². The summed E-state index contributed by atoms with van der Waals surface area (Å²) in [6.45, 7) is 3.09. The second-order valence-corrected chi connectivity index (χ2v) is 6.56. The molecule has 0 bridgehead atoms. The highest BCUT2D eigenvalue weighted by molar-refractivity contribution is 7.13. The summed E-state index contributed by atoms with van der Waals surface area (Å²) >= 11 is 7.67. The van der Waals surface area contributed by atoms with Crippen molar-refractivity contribution in [3.05, 3.63) is 64.3 Å². The first-order valence-corrected chi connectivity index (χ1v) is 8.92. The van der Waals surface area contributed by atoms with Gasteiger partial charge in [-0.05, 0) is 30.7 Å². The number of likely N-dealkylation sites (N-methyl/N-ethyl adjacent to an activating group) is 1. The lowest BCUT2D eigenvalue weighted by Gasteiger charge is -2.21. The second kappa shape index (κ2) is 7.64. The van der Waals surface area contributed by atoms with E-state index in [1.807, 2.05) is 48.7 Å². The molecule has 0 radical (unpaired) electrons.